The van der Waals surface area contributed by atoms with E-state index in [4.69, 9.17) is 0 Å². The van der Waals surface area contributed by atoms with Gasteiger partial charge in [-0.25, -0.2) is 0 Å². The fourth-order valence-corrected chi connectivity index (χ4v) is 1.35. The maximum Gasteiger partial charge on any atom is 0.216 e. The molecule has 6 heteroatoms. The molecule has 1 aromatic rings. The van der Waals surface area contributed by atoms with Crippen molar-refractivity contribution in [2.45, 2.75) is 26.3 Å². The minimum Gasteiger partial charge on any atom is -0.356 e. The van der Waals surface area contributed by atoms with Crippen LogP contribution in [0, 0.1) is 0 Å². The highest BCUT2D eigenvalue weighted by molar-refractivity contribution is 5.72. The minimum absolute atomic E-state index is 0.0126. The molecule has 1 aromatic heterocycles. The Morgan fingerprint density at radius 2 is 2.31 bits per heavy atom. The van der Waals surface area contributed by atoms with Crippen molar-refractivity contribution in [1.82, 2.24) is 25.6 Å². The lowest BCUT2D eigenvalue weighted by atomic mass is 10.3. The molecule has 0 aliphatic heterocycles. The van der Waals surface area contributed by atoms with Crippen molar-refractivity contribution in [2.75, 3.05) is 20.1 Å². The van der Waals surface area contributed by atoms with Crippen LogP contribution in [-0.4, -0.2) is 41.0 Å². The third-order valence-corrected chi connectivity index (χ3v) is 2.16. The first-order valence-corrected chi connectivity index (χ1v) is 5.50. The molecule has 0 fully saturated rings. The molecule has 1 amide bonds. The molecule has 0 aliphatic carbocycles. The zero-order valence-corrected chi connectivity index (χ0v) is 9.86. The van der Waals surface area contributed by atoms with Gasteiger partial charge in [-0.3, -0.25) is 9.48 Å². The van der Waals surface area contributed by atoms with E-state index in [2.05, 4.69) is 20.9 Å². The third-order valence-electron chi connectivity index (χ3n) is 2.16. The maximum atomic E-state index is 10.7. The topological polar surface area (TPSA) is 71.8 Å². The third kappa shape index (κ3) is 4.88. The molecule has 0 unspecified atom stereocenters. The predicted octanol–water partition coefficient (Wildman–Crippen LogP) is -0.434. The van der Waals surface area contributed by atoms with E-state index in [1.54, 1.807) is 0 Å². The van der Waals surface area contributed by atoms with E-state index in [0.717, 1.165) is 31.6 Å². The number of aryl methyl sites for hydroxylation is 1. The molecule has 1 heterocycles. The quantitative estimate of drug-likeness (QED) is 0.617. The van der Waals surface area contributed by atoms with Crippen LogP contribution < -0.4 is 10.6 Å². The van der Waals surface area contributed by atoms with E-state index < -0.39 is 0 Å². The number of carbonyl (C=O) groups excluding carboxylic acids is 1. The lowest BCUT2D eigenvalue weighted by Crippen LogP contribution is -2.22. The highest BCUT2D eigenvalue weighted by atomic mass is 16.1. The minimum atomic E-state index is -0.0126. The highest BCUT2D eigenvalue weighted by Gasteiger charge is 2.00. The Labute approximate surface area is 95.4 Å². The lowest BCUT2D eigenvalue weighted by molar-refractivity contribution is -0.118. The summed E-state index contributed by atoms with van der Waals surface area (Å²) in [6, 6.07) is 0. The molecule has 0 aromatic carbocycles. The number of nitrogens with zero attached hydrogens (tertiary/aromatic N) is 3. The van der Waals surface area contributed by atoms with Gasteiger partial charge in [0.25, 0.3) is 0 Å². The van der Waals surface area contributed by atoms with Gasteiger partial charge in [0.05, 0.1) is 5.69 Å². The van der Waals surface area contributed by atoms with E-state index >= 15 is 0 Å². The summed E-state index contributed by atoms with van der Waals surface area (Å²) < 4.78 is 1.83. The lowest BCUT2D eigenvalue weighted by Gasteiger charge is -1.99. The average Bonchev–Trinajstić information content (AvgIpc) is 2.66. The van der Waals surface area contributed by atoms with Crippen molar-refractivity contribution in [2.24, 2.45) is 0 Å². The van der Waals surface area contributed by atoms with Crippen molar-refractivity contribution >= 4 is 5.91 Å². The summed E-state index contributed by atoms with van der Waals surface area (Å²) in [7, 11) is 1.93. The van der Waals surface area contributed by atoms with Gasteiger partial charge in [-0.05, 0) is 20.0 Å². The first kappa shape index (κ1) is 12.6. The molecule has 0 bridgehead atoms. The number of nitrogens with one attached hydrogen (secondary N) is 2. The van der Waals surface area contributed by atoms with E-state index in [-0.39, 0.29) is 5.91 Å². The van der Waals surface area contributed by atoms with E-state index in [1.807, 2.05) is 17.9 Å². The van der Waals surface area contributed by atoms with Gasteiger partial charge in [-0.15, -0.1) is 5.10 Å². The smallest absolute Gasteiger partial charge is 0.216 e. The summed E-state index contributed by atoms with van der Waals surface area (Å²) in [6.07, 6.45) is 3.69. The van der Waals surface area contributed by atoms with Crippen LogP contribution in [0.25, 0.3) is 0 Å². The Hall–Kier alpha value is -1.43. The van der Waals surface area contributed by atoms with Gasteiger partial charge in [0, 0.05) is 32.6 Å². The second-order valence-electron chi connectivity index (χ2n) is 3.66. The van der Waals surface area contributed by atoms with Gasteiger partial charge < -0.3 is 10.6 Å². The predicted molar refractivity (Wildman–Crippen MR) is 61.0 cm³/mol. The van der Waals surface area contributed by atoms with E-state index in [0.29, 0.717) is 6.54 Å². The first-order valence-electron chi connectivity index (χ1n) is 5.50. The van der Waals surface area contributed by atoms with Gasteiger partial charge in [0.15, 0.2) is 0 Å². The second-order valence-corrected chi connectivity index (χ2v) is 3.66. The molecule has 0 saturated carbocycles. The molecule has 6 nitrogen and oxygen atoms in total. The van der Waals surface area contributed by atoms with Crippen LogP contribution in [-0.2, 0) is 17.8 Å². The molecule has 90 valence electrons. The number of hydrogen-bond acceptors (Lipinski definition) is 4. The van der Waals surface area contributed by atoms with Gasteiger partial charge in [0.1, 0.15) is 0 Å². The number of hydrogen-bond donors (Lipinski definition) is 2. The maximum absolute atomic E-state index is 10.7. The summed E-state index contributed by atoms with van der Waals surface area (Å²) in [4.78, 5) is 10.7. The van der Waals surface area contributed by atoms with Crippen molar-refractivity contribution in [3.8, 4) is 0 Å². The summed E-state index contributed by atoms with van der Waals surface area (Å²) in [6.45, 7) is 3.97. The SMILES string of the molecule is CNCCCn1cc(CCNC(C)=O)nn1. The first-order chi connectivity index (χ1) is 7.72. The Kier molecular flexibility index (Phi) is 5.49. The van der Waals surface area contributed by atoms with Crippen LogP contribution in [0.5, 0.6) is 0 Å². The molecule has 0 aliphatic rings. The van der Waals surface area contributed by atoms with E-state index in [1.165, 1.54) is 6.92 Å². The highest BCUT2D eigenvalue weighted by Crippen LogP contribution is 1.95. The van der Waals surface area contributed by atoms with Crippen molar-refractivity contribution in [3.63, 3.8) is 0 Å². The summed E-state index contributed by atoms with van der Waals surface area (Å²) >= 11 is 0. The largest absolute Gasteiger partial charge is 0.356 e. The number of carbonyl (C=O) groups is 1. The zero-order valence-electron chi connectivity index (χ0n) is 9.86. The molecular formula is C10H19N5O. The van der Waals surface area contributed by atoms with Crippen LogP contribution in [0.15, 0.2) is 6.20 Å². The molecule has 0 radical (unpaired) electrons. The Morgan fingerprint density at radius 1 is 1.50 bits per heavy atom. The van der Waals surface area contributed by atoms with Crippen LogP contribution in [0.4, 0.5) is 0 Å². The Morgan fingerprint density at radius 3 is 3.00 bits per heavy atom. The van der Waals surface area contributed by atoms with Crippen LogP contribution in [0.1, 0.15) is 19.0 Å². The Balaban J connectivity index is 2.25. The Bertz CT molecular complexity index is 323. The number of rotatable bonds is 7. The van der Waals surface area contributed by atoms with Crippen molar-refractivity contribution in [1.29, 1.82) is 0 Å². The van der Waals surface area contributed by atoms with Crippen LogP contribution in [0.2, 0.25) is 0 Å². The van der Waals surface area contributed by atoms with Gasteiger partial charge in [0.2, 0.25) is 5.91 Å². The average molecular weight is 225 g/mol. The van der Waals surface area contributed by atoms with Gasteiger partial charge >= 0.3 is 0 Å². The molecule has 0 atom stereocenters. The standard InChI is InChI=1S/C10H19N5O/c1-9(16)12-6-4-10-8-15(14-13-10)7-3-5-11-2/h8,11H,3-7H2,1-2H3,(H,12,16). The molecule has 2 N–H and O–H groups in total. The molecule has 16 heavy (non-hydrogen) atoms. The summed E-state index contributed by atoms with van der Waals surface area (Å²) in [5.41, 5.74) is 0.915. The second kappa shape index (κ2) is 6.95. The summed E-state index contributed by atoms with van der Waals surface area (Å²) in [5.74, 6) is -0.0126. The van der Waals surface area contributed by atoms with Crippen molar-refractivity contribution < 1.29 is 4.79 Å². The van der Waals surface area contributed by atoms with Gasteiger partial charge in [-0.1, -0.05) is 5.21 Å². The van der Waals surface area contributed by atoms with Crippen LogP contribution in [0.3, 0.4) is 0 Å². The summed E-state index contributed by atoms with van der Waals surface area (Å²) in [5, 5.41) is 13.9. The number of aromatic nitrogens is 3. The monoisotopic (exact) mass is 225 g/mol. The van der Waals surface area contributed by atoms with E-state index in [9.17, 15) is 4.79 Å². The molecule has 0 spiro atoms. The van der Waals surface area contributed by atoms with Crippen LogP contribution >= 0.6 is 0 Å². The number of amides is 1. The fourth-order valence-electron chi connectivity index (χ4n) is 1.35. The molecule has 1 rings (SSSR count). The van der Waals surface area contributed by atoms with Crippen molar-refractivity contribution in [3.05, 3.63) is 11.9 Å². The molecule has 0 saturated heterocycles. The molecular weight excluding hydrogens is 206 g/mol. The fraction of sp³-hybridized carbons (Fsp3) is 0.700. The zero-order chi connectivity index (χ0) is 11.8. The normalized spacial score (nSPS) is 10.4. The van der Waals surface area contributed by atoms with Gasteiger partial charge in [-0.2, -0.15) is 0 Å².